The number of benzene rings is 7. The van der Waals surface area contributed by atoms with Crippen LogP contribution in [0.15, 0.2) is 200 Å². The quantitative estimate of drug-likeness (QED) is 0.150. The minimum absolute atomic E-state index is 0.0150. The molecule has 0 unspecified atom stereocenters. The summed E-state index contributed by atoms with van der Waals surface area (Å²) < 4.78 is 16.0. The number of nitrogens with zero attached hydrogens (tertiary/aromatic N) is 4. The maximum absolute atomic E-state index is 6.94. The summed E-state index contributed by atoms with van der Waals surface area (Å²) in [5, 5.41) is 2.32. The summed E-state index contributed by atoms with van der Waals surface area (Å²) in [5.41, 5.74) is 12.3. The van der Waals surface area contributed by atoms with E-state index in [0.717, 1.165) is 61.9 Å². The van der Waals surface area contributed by atoms with Crippen LogP contribution >= 0.6 is 0 Å². The van der Waals surface area contributed by atoms with Crippen LogP contribution in [-0.2, 0) is 5.41 Å². The van der Waals surface area contributed by atoms with Gasteiger partial charge in [-0.05, 0) is 70.0 Å². The fourth-order valence-electron chi connectivity index (χ4n) is 8.95. The number of fused-ring (bicyclic) bond motifs is 6. The molecule has 2 aliphatic rings. The molecular weight excluding hydrogens is 747 g/mol. The third kappa shape index (κ3) is 6.50. The van der Waals surface area contributed by atoms with Gasteiger partial charge in [-0.15, -0.1) is 0 Å². The zero-order chi connectivity index (χ0) is 41.1. The highest BCUT2D eigenvalue weighted by Crippen LogP contribution is 2.47. The van der Waals surface area contributed by atoms with Gasteiger partial charge in [-0.3, -0.25) is 4.57 Å². The fraction of sp³-hybridized carbons (Fsp3) is 0.0926. The van der Waals surface area contributed by atoms with Crippen molar-refractivity contribution >= 4 is 45.6 Å². The Kier molecular flexibility index (Phi) is 8.78. The first-order chi connectivity index (χ1) is 29.9. The lowest BCUT2D eigenvalue weighted by Crippen LogP contribution is -2.47. The van der Waals surface area contributed by atoms with Gasteiger partial charge in [-0.25, -0.2) is 4.98 Å². The van der Waals surface area contributed by atoms with Crippen molar-refractivity contribution in [2.24, 2.45) is 0 Å². The Morgan fingerprint density at radius 1 is 0.607 bits per heavy atom. The minimum atomic E-state index is -0.302. The molecule has 0 saturated heterocycles. The molecule has 0 bridgehead atoms. The molecule has 0 fully saturated rings. The molecule has 9 aromatic rings. The van der Waals surface area contributed by atoms with E-state index < -0.39 is 0 Å². The van der Waals surface area contributed by atoms with Crippen LogP contribution in [0, 0.1) is 0 Å². The summed E-state index contributed by atoms with van der Waals surface area (Å²) in [5.74, 6) is 3.16. The molecule has 0 spiro atoms. The van der Waals surface area contributed by atoms with Crippen molar-refractivity contribution in [1.29, 1.82) is 0 Å². The van der Waals surface area contributed by atoms with E-state index in [1.54, 1.807) is 0 Å². The Morgan fingerprint density at radius 3 is 1.97 bits per heavy atom. The molecule has 2 aromatic heterocycles. The summed E-state index contributed by atoms with van der Waals surface area (Å²) in [6.07, 6.45) is 4.19. The Labute approximate surface area is 356 Å². The molecule has 6 nitrogen and oxygen atoms in total. The van der Waals surface area contributed by atoms with Crippen LogP contribution in [0.1, 0.15) is 26.3 Å². The third-order valence-corrected chi connectivity index (χ3v) is 11.9. The predicted molar refractivity (Wildman–Crippen MR) is 251 cm³/mol. The highest BCUT2D eigenvalue weighted by atomic mass is 16.5. The van der Waals surface area contributed by atoms with Crippen LogP contribution in [0.5, 0.6) is 17.2 Å². The van der Waals surface area contributed by atoms with Gasteiger partial charge < -0.3 is 19.2 Å². The summed E-state index contributed by atoms with van der Waals surface area (Å²) in [4.78, 5) is 9.65. The number of pyridine rings is 1. The molecule has 4 heterocycles. The minimum Gasteiger partial charge on any atom is -0.549 e. The topological polar surface area (TPSA) is 42.8 Å². The van der Waals surface area contributed by atoms with Gasteiger partial charge in [0.2, 0.25) is 0 Å². The average molecular weight is 791 g/mol. The van der Waals surface area contributed by atoms with Crippen molar-refractivity contribution in [3.63, 3.8) is 0 Å². The first-order valence-corrected chi connectivity index (χ1v) is 20.9. The van der Waals surface area contributed by atoms with Crippen molar-refractivity contribution < 1.29 is 9.39 Å². The van der Waals surface area contributed by atoms with Crippen LogP contribution < -0.4 is 24.7 Å². The predicted octanol–water partition coefficient (Wildman–Crippen LogP) is 12.6. The molecule has 7 aromatic carbocycles. The molecule has 0 N–H and O–H groups in total. The van der Waals surface area contributed by atoms with Gasteiger partial charge in [0.25, 0.3) is 0 Å². The number of anilines is 2. The molecular formula is C54H43BN4O2. The Morgan fingerprint density at radius 2 is 1.25 bits per heavy atom. The number of hydrogen-bond donors (Lipinski definition) is 0. The highest BCUT2D eigenvalue weighted by molar-refractivity contribution is 6.76. The molecule has 0 saturated carbocycles. The molecule has 294 valence electrons. The van der Waals surface area contributed by atoms with E-state index in [1.807, 2.05) is 18.3 Å². The Hall–Kier alpha value is -7.51. The van der Waals surface area contributed by atoms with Crippen LogP contribution in [0.4, 0.5) is 11.4 Å². The van der Waals surface area contributed by atoms with Crippen molar-refractivity contribution in [2.45, 2.75) is 26.2 Å². The van der Waals surface area contributed by atoms with E-state index in [4.69, 9.17) is 14.4 Å². The summed E-state index contributed by atoms with van der Waals surface area (Å²) in [7, 11) is 0. The van der Waals surface area contributed by atoms with Crippen molar-refractivity contribution in [1.82, 2.24) is 9.55 Å². The maximum Gasteiger partial charge on any atom is 0.445 e. The van der Waals surface area contributed by atoms with Gasteiger partial charge in [0, 0.05) is 46.4 Å². The van der Waals surface area contributed by atoms with Crippen LogP contribution in [0.2, 0.25) is 0 Å². The van der Waals surface area contributed by atoms with E-state index in [0.29, 0.717) is 6.67 Å². The first-order valence-electron chi connectivity index (χ1n) is 20.9. The SMILES string of the molecule is CC(C)(C)c1ccnc(-n2c3ccccc3c3ccc(Oc4ccc5c(c4)N4CN(c6c(-c7ccccc7)cccc6-c6ccccc6)C=C4B(c4ccccc4)O5)cc32)c1. The second kappa shape index (κ2) is 14.6. The highest BCUT2D eigenvalue weighted by Gasteiger charge is 2.42. The molecule has 0 radical (unpaired) electrons. The second-order valence-electron chi connectivity index (χ2n) is 16.9. The van der Waals surface area contributed by atoms with Gasteiger partial charge in [0.05, 0.1) is 34.7 Å². The van der Waals surface area contributed by atoms with Gasteiger partial charge in [0.1, 0.15) is 23.1 Å². The first kappa shape index (κ1) is 36.6. The lowest BCUT2D eigenvalue weighted by Gasteiger charge is -2.34. The standard InChI is InChI=1S/C54H43BN4O2/c1-54(2,3)39-30-31-56-52(32-39)59-47-25-14-13-22-45(47)46-28-26-41(33-48(46)59)60-42-27-29-50-49(34-42)58-36-57(35-51(58)55(61-50)40-20-11-6-12-21-40)53-43(37-16-7-4-8-17-37)23-15-24-44(53)38-18-9-5-10-19-38/h4-35H,36H2,1-3H3. The maximum atomic E-state index is 6.94. The van der Waals surface area contributed by atoms with Gasteiger partial charge in [-0.1, -0.05) is 148 Å². The smallest absolute Gasteiger partial charge is 0.445 e. The van der Waals surface area contributed by atoms with E-state index in [2.05, 4.69) is 211 Å². The van der Waals surface area contributed by atoms with Crippen LogP contribution in [0.3, 0.4) is 0 Å². The zero-order valence-corrected chi connectivity index (χ0v) is 34.4. The van der Waals surface area contributed by atoms with Crippen LogP contribution in [-0.4, -0.2) is 23.1 Å². The largest absolute Gasteiger partial charge is 0.549 e. The monoisotopic (exact) mass is 790 g/mol. The lowest BCUT2D eigenvalue weighted by molar-refractivity contribution is 0.481. The van der Waals surface area contributed by atoms with Gasteiger partial charge >= 0.3 is 6.92 Å². The van der Waals surface area contributed by atoms with Crippen molar-refractivity contribution in [2.75, 3.05) is 16.5 Å². The number of para-hydroxylation sites is 2. The summed E-state index contributed by atoms with van der Waals surface area (Å²) >= 11 is 0. The molecule has 0 atom stereocenters. The zero-order valence-electron chi connectivity index (χ0n) is 34.4. The molecule has 0 amide bonds. The Bertz CT molecular complexity index is 3060. The summed E-state index contributed by atoms with van der Waals surface area (Å²) in [6.45, 7) is 7.00. The summed E-state index contributed by atoms with van der Waals surface area (Å²) in [6, 6.07) is 63.8. The second-order valence-corrected chi connectivity index (χ2v) is 16.9. The number of hydrogen-bond acceptors (Lipinski definition) is 5. The third-order valence-electron chi connectivity index (χ3n) is 11.9. The van der Waals surface area contributed by atoms with Gasteiger partial charge in [0.15, 0.2) is 0 Å². The number of aromatic nitrogens is 2. The molecule has 2 aliphatic heterocycles. The average Bonchev–Trinajstić information content (AvgIpc) is 3.89. The van der Waals surface area contributed by atoms with E-state index in [1.165, 1.54) is 33.2 Å². The fourth-order valence-corrected chi connectivity index (χ4v) is 8.95. The molecule has 11 rings (SSSR count). The molecule has 61 heavy (non-hydrogen) atoms. The Balaban J connectivity index is 1.00. The van der Waals surface area contributed by atoms with E-state index in [9.17, 15) is 0 Å². The number of rotatable bonds is 7. The van der Waals surface area contributed by atoms with Crippen LogP contribution in [0.25, 0.3) is 49.9 Å². The van der Waals surface area contributed by atoms with Crippen molar-refractivity contribution in [3.05, 3.63) is 206 Å². The lowest BCUT2D eigenvalue weighted by atomic mass is 9.57. The van der Waals surface area contributed by atoms with E-state index in [-0.39, 0.29) is 12.3 Å². The van der Waals surface area contributed by atoms with Gasteiger partial charge in [-0.2, -0.15) is 0 Å². The van der Waals surface area contributed by atoms with Crippen molar-refractivity contribution in [3.8, 4) is 45.3 Å². The number of ether oxygens (including phenoxy) is 1. The normalized spacial score (nSPS) is 13.6. The molecule has 7 heteroatoms. The van der Waals surface area contributed by atoms with E-state index >= 15 is 0 Å². The molecule has 0 aliphatic carbocycles.